The molecule has 2 aromatic rings. The number of rotatable bonds is 4. The largest absolute Gasteiger partial charge is 0.477 e. The van der Waals surface area contributed by atoms with Crippen molar-refractivity contribution in [3.05, 3.63) is 46.0 Å². The molecule has 1 fully saturated rings. The molecule has 4 rings (SSSR count). The minimum Gasteiger partial charge on any atom is -0.477 e. The Bertz CT molecular complexity index is 904. The number of nitrogens with two attached hydrogens (primary N) is 1. The number of hydrogen-bond acceptors (Lipinski definition) is 7. The van der Waals surface area contributed by atoms with Crippen molar-refractivity contribution in [1.82, 2.24) is 9.88 Å². The number of halogens is 1. The molecule has 0 atom stereocenters. The molecular weight excluding hydrogens is 404 g/mol. The van der Waals surface area contributed by atoms with Gasteiger partial charge < -0.3 is 15.7 Å². The van der Waals surface area contributed by atoms with Crippen LogP contribution in [0.25, 0.3) is 0 Å². The Morgan fingerprint density at radius 1 is 1.18 bits per heavy atom. The molecule has 2 amide bonds. The van der Waals surface area contributed by atoms with Crippen LogP contribution in [0.3, 0.4) is 0 Å². The zero-order valence-electron chi connectivity index (χ0n) is 14.8. The van der Waals surface area contributed by atoms with Gasteiger partial charge in [-0.05, 0) is 25.0 Å². The van der Waals surface area contributed by atoms with Crippen molar-refractivity contribution in [2.45, 2.75) is 25.4 Å². The van der Waals surface area contributed by atoms with Gasteiger partial charge in [0, 0.05) is 19.1 Å². The van der Waals surface area contributed by atoms with E-state index in [-0.39, 0.29) is 35.6 Å². The van der Waals surface area contributed by atoms with E-state index in [0.717, 1.165) is 29.1 Å². The summed E-state index contributed by atoms with van der Waals surface area (Å²) in [5, 5.41) is 10.1. The molecule has 0 aliphatic carbocycles. The Morgan fingerprint density at radius 3 is 2.29 bits per heavy atom. The lowest BCUT2D eigenvalue weighted by molar-refractivity contribution is 0.0627. The van der Waals surface area contributed by atoms with Crippen LogP contribution in [0.2, 0.25) is 0 Å². The number of aromatic carboxylic acids is 1. The van der Waals surface area contributed by atoms with E-state index in [2.05, 4.69) is 4.98 Å². The van der Waals surface area contributed by atoms with E-state index in [1.54, 1.807) is 24.3 Å². The smallest absolute Gasteiger partial charge is 0.347 e. The van der Waals surface area contributed by atoms with Gasteiger partial charge in [0.2, 0.25) is 0 Å². The zero-order chi connectivity index (χ0) is 19.1. The number of carboxylic acid groups (broad SMARTS) is 1. The van der Waals surface area contributed by atoms with Crippen LogP contribution in [0.1, 0.15) is 48.9 Å². The summed E-state index contributed by atoms with van der Waals surface area (Å²) < 4.78 is 0. The van der Waals surface area contributed by atoms with Crippen LogP contribution in [0.4, 0.5) is 5.13 Å². The van der Waals surface area contributed by atoms with Gasteiger partial charge in [-0.2, -0.15) is 0 Å². The van der Waals surface area contributed by atoms with Crippen LogP contribution in [-0.4, -0.2) is 51.9 Å². The quantitative estimate of drug-likeness (QED) is 0.723. The lowest BCUT2D eigenvalue weighted by atomic mass is 10.1. The molecule has 148 valence electrons. The Labute approximate surface area is 171 Å². The van der Waals surface area contributed by atoms with E-state index in [0.29, 0.717) is 29.3 Å². The van der Waals surface area contributed by atoms with Crippen LogP contribution in [-0.2, 0) is 6.54 Å². The molecule has 0 bridgehead atoms. The Kier molecular flexibility index (Phi) is 5.69. The molecule has 2 aliphatic rings. The number of carbonyl (C=O) groups excluding carboxylic acids is 2. The summed E-state index contributed by atoms with van der Waals surface area (Å²) in [5.41, 5.74) is 6.82. The number of benzene rings is 1. The number of hydrogen-bond donors (Lipinski definition) is 2. The molecule has 10 heteroatoms. The fourth-order valence-electron chi connectivity index (χ4n) is 3.37. The van der Waals surface area contributed by atoms with Crippen molar-refractivity contribution in [3.8, 4) is 0 Å². The number of amides is 2. The second-order valence-electron chi connectivity index (χ2n) is 6.64. The van der Waals surface area contributed by atoms with Gasteiger partial charge in [0.15, 0.2) is 5.13 Å². The average Bonchev–Trinajstić information content (AvgIpc) is 3.19. The highest BCUT2D eigenvalue weighted by atomic mass is 35.5. The van der Waals surface area contributed by atoms with Crippen molar-refractivity contribution in [2.75, 3.05) is 18.0 Å². The second-order valence-corrected chi connectivity index (χ2v) is 7.62. The van der Waals surface area contributed by atoms with Crippen molar-refractivity contribution < 1.29 is 19.5 Å². The van der Waals surface area contributed by atoms with Crippen molar-refractivity contribution in [1.29, 1.82) is 0 Å². The molecule has 0 unspecified atom stereocenters. The van der Waals surface area contributed by atoms with Crippen LogP contribution in [0.15, 0.2) is 24.3 Å². The third kappa shape index (κ3) is 3.48. The molecule has 0 spiro atoms. The highest BCUT2D eigenvalue weighted by Crippen LogP contribution is 2.31. The molecule has 0 radical (unpaired) electrons. The SMILES string of the molecule is Cl.NC1CCN(c2nc(CN3C(=O)c4ccccc4C3=O)c(C(=O)O)s2)CC1. The summed E-state index contributed by atoms with van der Waals surface area (Å²) in [4.78, 5) is 44.3. The summed E-state index contributed by atoms with van der Waals surface area (Å²) in [7, 11) is 0. The number of fused-ring (bicyclic) bond motifs is 1. The minimum absolute atomic E-state index is 0. The minimum atomic E-state index is -1.11. The third-order valence-electron chi connectivity index (χ3n) is 4.88. The highest BCUT2D eigenvalue weighted by molar-refractivity contribution is 7.17. The predicted molar refractivity (Wildman–Crippen MR) is 106 cm³/mol. The van der Waals surface area contributed by atoms with Crippen LogP contribution in [0, 0.1) is 0 Å². The molecule has 28 heavy (non-hydrogen) atoms. The first-order chi connectivity index (χ1) is 13.0. The monoisotopic (exact) mass is 422 g/mol. The normalized spacial score (nSPS) is 16.9. The second kappa shape index (κ2) is 7.86. The predicted octanol–water partition coefficient (Wildman–Crippen LogP) is 1.99. The summed E-state index contributed by atoms with van der Waals surface area (Å²) in [6, 6.07) is 6.72. The van der Waals surface area contributed by atoms with Gasteiger partial charge in [-0.15, -0.1) is 12.4 Å². The number of imide groups is 1. The topological polar surface area (TPSA) is 117 Å². The summed E-state index contributed by atoms with van der Waals surface area (Å²) in [5.74, 6) is -1.96. The highest BCUT2D eigenvalue weighted by Gasteiger charge is 2.36. The number of aromatic nitrogens is 1. The van der Waals surface area contributed by atoms with Crippen LogP contribution < -0.4 is 10.6 Å². The average molecular weight is 423 g/mol. The van der Waals surface area contributed by atoms with Crippen molar-refractivity contribution in [3.63, 3.8) is 0 Å². The number of carbonyl (C=O) groups is 3. The summed E-state index contributed by atoms with van der Waals surface area (Å²) >= 11 is 1.07. The molecule has 1 saturated heterocycles. The van der Waals surface area contributed by atoms with E-state index < -0.39 is 17.8 Å². The van der Waals surface area contributed by atoms with Gasteiger partial charge >= 0.3 is 5.97 Å². The fraction of sp³-hybridized carbons (Fsp3) is 0.333. The lowest BCUT2D eigenvalue weighted by Gasteiger charge is -2.29. The standard InChI is InChI=1S/C18H18N4O4S.ClH/c19-10-5-7-21(8-6-10)18-20-13(14(27-18)17(25)26)9-22-15(23)11-3-1-2-4-12(11)16(22)24;/h1-4,10H,5-9,19H2,(H,25,26);1H. The van der Waals surface area contributed by atoms with E-state index in [1.807, 2.05) is 4.90 Å². The number of piperidine rings is 1. The molecule has 0 saturated carbocycles. The van der Waals surface area contributed by atoms with Crippen molar-refractivity contribution in [2.24, 2.45) is 5.73 Å². The molecule has 1 aromatic heterocycles. The maximum Gasteiger partial charge on any atom is 0.347 e. The Balaban J connectivity index is 0.00000225. The van der Waals surface area contributed by atoms with E-state index in [4.69, 9.17) is 5.73 Å². The number of nitrogens with zero attached hydrogens (tertiary/aromatic N) is 3. The van der Waals surface area contributed by atoms with E-state index in [9.17, 15) is 19.5 Å². The number of thiazole rings is 1. The van der Waals surface area contributed by atoms with Gasteiger partial charge in [-0.1, -0.05) is 23.5 Å². The first kappa shape index (κ1) is 20.2. The summed E-state index contributed by atoms with van der Waals surface area (Å²) in [6.45, 7) is 1.26. The van der Waals surface area contributed by atoms with Gasteiger partial charge in [0.1, 0.15) is 4.88 Å². The molecule has 2 aliphatic heterocycles. The lowest BCUT2D eigenvalue weighted by Crippen LogP contribution is -2.39. The Morgan fingerprint density at radius 2 is 1.75 bits per heavy atom. The molecular formula is C18H19ClN4O4S. The van der Waals surface area contributed by atoms with Gasteiger partial charge in [0.05, 0.1) is 23.4 Å². The molecule has 1 aromatic carbocycles. The van der Waals surface area contributed by atoms with Gasteiger partial charge in [-0.3, -0.25) is 14.5 Å². The first-order valence-corrected chi connectivity index (χ1v) is 9.46. The maximum absolute atomic E-state index is 12.5. The van der Waals surface area contributed by atoms with Crippen molar-refractivity contribution >= 4 is 46.7 Å². The van der Waals surface area contributed by atoms with Gasteiger partial charge in [0.25, 0.3) is 11.8 Å². The molecule has 8 nitrogen and oxygen atoms in total. The zero-order valence-corrected chi connectivity index (χ0v) is 16.5. The van der Waals surface area contributed by atoms with E-state index >= 15 is 0 Å². The molecule has 3 N–H and O–H groups in total. The van der Waals surface area contributed by atoms with E-state index in [1.165, 1.54) is 0 Å². The number of anilines is 1. The number of carboxylic acids is 1. The van der Waals surface area contributed by atoms with Gasteiger partial charge in [-0.25, -0.2) is 9.78 Å². The van der Waals surface area contributed by atoms with Crippen LogP contribution in [0.5, 0.6) is 0 Å². The fourth-order valence-corrected chi connectivity index (χ4v) is 4.34. The molecule has 3 heterocycles. The summed E-state index contributed by atoms with van der Waals surface area (Å²) in [6.07, 6.45) is 1.63. The maximum atomic E-state index is 12.5. The third-order valence-corrected chi connectivity index (χ3v) is 6.02. The first-order valence-electron chi connectivity index (χ1n) is 8.64. The van der Waals surface area contributed by atoms with Crippen LogP contribution >= 0.6 is 23.7 Å². The Hall–Kier alpha value is -2.49.